The van der Waals surface area contributed by atoms with E-state index in [4.69, 9.17) is 0 Å². The zero-order chi connectivity index (χ0) is 15.7. The van der Waals surface area contributed by atoms with Gasteiger partial charge in [0.25, 0.3) is 5.91 Å². The molecule has 0 unspecified atom stereocenters. The van der Waals surface area contributed by atoms with Gasteiger partial charge in [0.1, 0.15) is 5.75 Å². The molecule has 0 radical (unpaired) electrons. The van der Waals surface area contributed by atoms with Crippen LogP contribution in [-0.2, 0) is 4.79 Å². The third-order valence-corrected chi connectivity index (χ3v) is 4.07. The number of carboxylic acids is 1. The van der Waals surface area contributed by atoms with Gasteiger partial charge < -0.3 is 15.5 Å². The summed E-state index contributed by atoms with van der Waals surface area (Å²) >= 11 is 0. The van der Waals surface area contributed by atoms with Gasteiger partial charge in [-0.15, -0.1) is 0 Å². The van der Waals surface area contributed by atoms with Crippen molar-refractivity contribution >= 4 is 11.9 Å². The highest BCUT2D eigenvalue weighted by molar-refractivity contribution is 5.97. The van der Waals surface area contributed by atoms with Crippen LogP contribution in [0.5, 0.6) is 5.75 Å². The smallest absolute Gasteiger partial charge is 0.311 e. The Morgan fingerprint density at radius 2 is 1.70 bits per heavy atom. The van der Waals surface area contributed by atoms with Crippen molar-refractivity contribution in [3.05, 3.63) is 29.3 Å². The second-order valence-corrected chi connectivity index (χ2v) is 5.96. The van der Waals surface area contributed by atoms with Crippen LogP contribution in [0.25, 0.3) is 0 Å². The minimum atomic E-state index is -1.13. The molecule has 0 bridgehead atoms. The second kappa shape index (κ2) is 5.15. The fraction of sp³-hybridized carbons (Fsp3) is 0.467. The lowest BCUT2D eigenvalue weighted by atomic mass is 9.74. The van der Waals surface area contributed by atoms with Crippen LogP contribution in [0, 0.1) is 12.3 Å². The van der Waals surface area contributed by atoms with Gasteiger partial charge in [-0.3, -0.25) is 9.59 Å². The number of benzene rings is 1. The average molecular weight is 279 g/mol. The number of amides is 1. The highest BCUT2D eigenvalue weighted by Crippen LogP contribution is 2.31. The molecule has 0 fully saturated rings. The molecule has 0 saturated heterocycles. The van der Waals surface area contributed by atoms with Crippen molar-refractivity contribution in [2.45, 2.75) is 40.2 Å². The Labute approximate surface area is 118 Å². The van der Waals surface area contributed by atoms with Crippen LogP contribution < -0.4 is 5.32 Å². The first-order valence-corrected chi connectivity index (χ1v) is 6.35. The Hall–Kier alpha value is -2.04. The van der Waals surface area contributed by atoms with Gasteiger partial charge in [-0.1, -0.05) is 6.07 Å². The highest BCUT2D eigenvalue weighted by atomic mass is 16.4. The minimum absolute atomic E-state index is 0.0351. The third-order valence-electron chi connectivity index (χ3n) is 4.07. The summed E-state index contributed by atoms with van der Waals surface area (Å²) in [6, 6.07) is 4.67. The SMILES string of the molecule is Cc1c(O)cccc1C(=O)NC(C)(C)C(C)(C)C(=O)O. The topological polar surface area (TPSA) is 86.6 Å². The normalized spacial score (nSPS) is 12.1. The fourth-order valence-electron chi connectivity index (χ4n) is 1.64. The van der Waals surface area contributed by atoms with Crippen molar-refractivity contribution in [3.8, 4) is 5.75 Å². The number of carbonyl (C=O) groups excluding carboxylic acids is 1. The van der Waals surface area contributed by atoms with E-state index in [1.165, 1.54) is 6.07 Å². The minimum Gasteiger partial charge on any atom is -0.508 e. The van der Waals surface area contributed by atoms with Crippen LogP contribution in [0.4, 0.5) is 0 Å². The number of hydrogen-bond donors (Lipinski definition) is 3. The number of aromatic hydroxyl groups is 1. The highest BCUT2D eigenvalue weighted by Gasteiger charge is 2.44. The summed E-state index contributed by atoms with van der Waals surface area (Å²) in [7, 11) is 0. The number of aliphatic carboxylic acids is 1. The molecule has 1 amide bonds. The molecule has 20 heavy (non-hydrogen) atoms. The number of carbonyl (C=O) groups is 2. The van der Waals surface area contributed by atoms with Crippen LogP contribution in [-0.4, -0.2) is 27.6 Å². The van der Waals surface area contributed by atoms with E-state index in [0.29, 0.717) is 11.1 Å². The average Bonchev–Trinajstić information content (AvgIpc) is 2.31. The number of carboxylic acid groups (broad SMARTS) is 1. The standard InChI is InChI=1S/C15H21NO4/c1-9-10(7-6-8-11(9)17)12(18)16-15(4,5)14(2,3)13(19)20/h6-8,17H,1-5H3,(H,16,18)(H,19,20). The van der Waals surface area contributed by atoms with E-state index >= 15 is 0 Å². The number of phenolic OH excluding ortho intramolecular Hbond substituents is 1. The van der Waals surface area contributed by atoms with Gasteiger partial charge in [0.05, 0.1) is 11.0 Å². The van der Waals surface area contributed by atoms with E-state index in [2.05, 4.69) is 5.32 Å². The predicted octanol–water partition coefficient (Wildman–Crippen LogP) is 2.32. The van der Waals surface area contributed by atoms with Crippen molar-refractivity contribution in [3.63, 3.8) is 0 Å². The molecule has 1 rings (SSSR count). The Morgan fingerprint density at radius 3 is 2.20 bits per heavy atom. The molecule has 0 saturated carbocycles. The Kier molecular flexibility index (Phi) is 4.12. The monoisotopic (exact) mass is 279 g/mol. The summed E-state index contributed by atoms with van der Waals surface area (Å²) in [5.74, 6) is -1.36. The molecule has 110 valence electrons. The molecular formula is C15H21NO4. The number of nitrogens with one attached hydrogen (secondary N) is 1. The predicted molar refractivity (Wildman–Crippen MR) is 75.8 cm³/mol. The molecule has 0 atom stereocenters. The molecule has 3 N–H and O–H groups in total. The maximum atomic E-state index is 12.3. The van der Waals surface area contributed by atoms with E-state index in [1.807, 2.05) is 0 Å². The van der Waals surface area contributed by atoms with Gasteiger partial charge in [0, 0.05) is 11.1 Å². The molecule has 1 aromatic rings. The fourth-order valence-corrected chi connectivity index (χ4v) is 1.64. The van der Waals surface area contributed by atoms with E-state index < -0.39 is 22.8 Å². The number of hydrogen-bond acceptors (Lipinski definition) is 3. The van der Waals surface area contributed by atoms with Gasteiger partial charge in [-0.2, -0.15) is 0 Å². The molecule has 0 aliphatic rings. The molecule has 0 heterocycles. The zero-order valence-corrected chi connectivity index (χ0v) is 12.4. The third kappa shape index (κ3) is 2.76. The van der Waals surface area contributed by atoms with E-state index in [1.54, 1.807) is 46.8 Å². The zero-order valence-electron chi connectivity index (χ0n) is 12.4. The van der Waals surface area contributed by atoms with Gasteiger partial charge in [0.2, 0.25) is 0 Å². The summed E-state index contributed by atoms with van der Waals surface area (Å²) in [6.45, 7) is 8.09. The summed E-state index contributed by atoms with van der Waals surface area (Å²) in [4.78, 5) is 23.6. The van der Waals surface area contributed by atoms with Crippen molar-refractivity contribution in [2.75, 3.05) is 0 Å². The molecule has 0 aliphatic carbocycles. The lowest BCUT2D eigenvalue weighted by molar-refractivity contribution is -0.150. The Bertz CT molecular complexity index is 547. The van der Waals surface area contributed by atoms with Crippen LogP contribution in [0.1, 0.15) is 43.6 Å². The second-order valence-electron chi connectivity index (χ2n) is 5.96. The first-order chi connectivity index (χ1) is 9.00. The van der Waals surface area contributed by atoms with Gasteiger partial charge >= 0.3 is 5.97 Å². The van der Waals surface area contributed by atoms with E-state index in [0.717, 1.165) is 0 Å². The largest absolute Gasteiger partial charge is 0.508 e. The van der Waals surface area contributed by atoms with Gasteiger partial charge in [0.15, 0.2) is 0 Å². The quantitative estimate of drug-likeness (QED) is 0.789. The maximum Gasteiger partial charge on any atom is 0.311 e. The summed E-state index contributed by atoms with van der Waals surface area (Å²) in [6.07, 6.45) is 0. The summed E-state index contributed by atoms with van der Waals surface area (Å²) < 4.78 is 0. The molecule has 0 aliphatic heterocycles. The molecule has 0 aromatic heterocycles. The molecule has 5 heteroatoms. The summed E-state index contributed by atoms with van der Waals surface area (Å²) in [5.41, 5.74) is -1.28. The summed E-state index contributed by atoms with van der Waals surface area (Å²) in [5, 5.41) is 21.6. The van der Waals surface area contributed by atoms with Crippen LogP contribution in [0.2, 0.25) is 0 Å². The van der Waals surface area contributed by atoms with Crippen molar-refractivity contribution in [1.82, 2.24) is 5.32 Å². The Balaban J connectivity index is 3.07. The lowest BCUT2D eigenvalue weighted by Gasteiger charge is -2.38. The van der Waals surface area contributed by atoms with Crippen molar-refractivity contribution in [1.29, 1.82) is 0 Å². The van der Waals surface area contributed by atoms with Crippen LogP contribution in [0.3, 0.4) is 0 Å². The number of phenols is 1. The molecular weight excluding hydrogens is 258 g/mol. The van der Waals surface area contributed by atoms with Crippen molar-refractivity contribution in [2.24, 2.45) is 5.41 Å². The Morgan fingerprint density at radius 1 is 1.15 bits per heavy atom. The molecule has 0 spiro atoms. The number of rotatable bonds is 4. The van der Waals surface area contributed by atoms with E-state index in [-0.39, 0.29) is 5.75 Å². The first kappa shape index (κ1) is 16.0. The van der Waals surface area contributed by atoms with Crippen LogP contribution in [0.15, 0.2) is 18.2 Å². The van der Waals surface area contributed by atoms with E-state index in [9.17, 15) is 19.8 Å². The van der Waals surface area contributed by atoms with Crippen LogP contribution >= 0.6 is 0 Å². The van der Waals surface area contributed by atoms with Gasteiger partial charge in [-0.25, -0.2) is 0 Å². The molecule has 1 aromatic carbocycles. The van der Waals surface area contributed by atoms with Gasteiger partial charge in [-0.05, 0) is 46.8 Å². The maximum absolute atomic E-state index is 12.3. The van der Waals surface area contributed by atoms with Crippen molar-refractivity contribution < 1.29 is 19.8 Å². The lowest BCUT2D eigenvalue weighted by Crippen LogP contribution is -2.57. The first-order valence-electron chi connectivity index (χ1n) is 6.35. The molecule has 5 nitrogen and oxygen atoms in total.